The number of hydrogen-bond donors (Lipinski definition) is 0. The summed E-state index contributed by atoms with van der Waals surface area (Å²) >= 11 is 0. The first kappa shape index (κ1) is 60.6. The van der Waals surface area contributed by atoms with Gasteiger partial charge in [-0.3, -0.25) is 0 Å². The van der Waals surface area contributed by atoms with E-state index in [9.17, 15) is 0 Å². The third kappa shape index (κ3) is 13.8. The fourth-order valence-corrected chi connectivity index (χ4v) is 14.3. The maximum absolute atomic E-state index is 2.55. The Hall–Kier alpha value is -5.54. The van der Waals surface area contributed by atoms with Crippen LogP contribution in [0.25, 0.3) is 66.8 Å². The topological polar surface area (TPSA) is 0 Å². The molecule has 0 unspecified atom stereocenters. The van der Waals surface area contributed by atoms with Crippen LogP contribution < -0.4 is 0 Å². The first-order valence-corrected chi connectivity index (χ1v) is 32.0. The van der Waals surface area contributed by atoms with E-state index in [4.69, 9.17) is 0 Å². The molecule has 8 rings (SSSR count). The minimum Gasteiger partial charge on any atom is -0.0853 e. The Balaban J connectivity index is 1.35. The van der Waals surface area contributed by atoms with Crippen LogP contribution >= 0.6 is 21.6 Å². The first-order chi connectivity index (χ1) is 37.3. The minimum absolute atomic E-state index is 0.0417. The molecule has 0 bridgehead atoms. The standard InChI is InChI=1S/C78H94S2/c1-21-69(67-49-57(51-23-35-59(36-24-51)73(3,4)5)47-65(53-27-39-61(40-28-53)75(9,10)11)71(67)55-31-43-63(44-32-55)77(15,16)17)79-80-70(22-2)68-50-58(52-25-37-60(38-26-52)74(6,7)8)48-66(54-29-41-62(42-30-54)76(12,13)14)72(68)56-33-45-64(46-34-56)78(18,19)20/h23-50,69-70H,21-22H2,1-20H3/t69-,70-/m1/s1. The predicted octanol–water partition coefficient (Wildman–Crippen LogP) is 24.5. The molecule has 2 atom stereocenters. The fraction of sp³-hybridized carbons (Fsp3) is 0.385. The van der Waals surface area contributed by atoms with Crippen molar-refractivity contribution in [2.24, 2.45) is 0 Å². The molecule has 0 fully saturated rings. The summed E-state index contributed by atoms with van der Waals surface area (Å²) in [6.07, 6.45) is 1.95. The lowest BCUT2D eigenvalue weighted by molar-refractivity contribution is 0.590. The van der Waals surface area contributed by atoms with Crippen LogP contribution in [0.1, 0.15) is 206 Å². The van der Waals surface area contributed by atoms with Crippen molar-refractivity contribution in [3.63, 3.8) is 0 Å². The van der Waals surface area contributed by atoms with Gasteiger partial charge in [-0.1, -0.05) is 306 Å². The van der Waals surface area contributed by atoms with E-state index in [2.05, 4.69) is 330 Å². The van der Waals surface area contributed by atoms with Crippen molar-refractivity contribution < 1.29 is 0 Å². The summed E-state index contributed by atoms with van der Waals surface area (Å²) in [6, 6.07) is 66.9. The summed E-state index contributed by atoms with van der Waals surface area (Å²) in [5.41, 5.74) is 26.4. The van der Waals surface area contributed by atoms with Crippen molar-refractivity contribution in [3.8, 4) is 66.8 Å². The molecule has 0 saturated carbocycles. The summed E-state index contributed by atoms with van der Waals surface area (Å²) in [7, 11) is 4.15. The van der Waals surface area contributed by atoms with Gasteiger partial charge in [0.1, 0.15) is 0 Å². The van der Waals surface area contributed by atoms with Crippen molar-refractivity contribution in [2.75, 3.05) is 0 Å². The lowest BCUT2D eigenvalue weighted by Crippen LogP contribution is -2.11. The molecule has 0 aliphatic heterocycles. The van der Waals surface area contributed by atoms with E-state index in [1.807, 2.05) is 0 Å². The molecule has 0 N–H and O–H groups in total. The highest BCUT2D eigenvalue weighted by Gasteiger charge is 2.29. The quantitative estimate of drug-likeness (QED) is 0.106. The zero-order valence-electron chi connectivity index (χ0n) is 52.6. The predicted molar refractivity (Wildman–Crippen MR) is 359 cm³/mol. The first-order valence-electron chi connectivity index (χ1n) is 29.7. The van der Waals surface area contributed by atoms with Crippen LogP contribution in [0.15, 0.2) is 170 Å². The van der Waals surface area contributed by atoms with Gasteiger partial charge in [0.15, 0.2) is 0 Å². The number of benzene rings is 8. The second-order valence-corrected chi connectivity index (χ2v) is 31.6. The van der Waals surface area contributed by atoms with Gasteiger partial charge in [0, 0.05) is 10.5 Å². The molecule has 2 heteroatoms. The lowest BCUT2D eigenvalue weighted by Gasteiger charge is -2.28. The number of hydrogen-bond acceptors (Lipinski definition) is 2. The number of rotatable bonds is 13. The SMILES string of the molecule is CC[C@@H](SS[C@H](CC)c1cc(-c2ccc(C(C)(C)C)cc2)cc(-c2ccc(C(C)(C)C)cc2)c1-c1ccc(C(C)(C)C)cc1)c1cc(-c2ccc(C(C)(C)C)cc2)cc(-c2ccc(C(C)(C)C)cc2)c1-c1ccc(C(C)(C)C)cc1. The van der Waals surface area contributed by atoms with E-state index < -0.39 is 0 Å². The molecule has 0 heterocycles. The molecule has 8 aromatic rings. The molecule has 0 spiro atoms. The molecule has 0 aliphatic carbocycles. The molecule has 0 aliphatic rings. The van der Waals surface area contributed by atoms with Gasteiger partial charge in [-0.05, 0) is 181 Å². The molecule has 0 aromatic heterocycles. The summed E-state index contributed by atoms with van der Waals surface area (Å²) in [5, 5.41) is 0.361. The van der Waals surface area contributed by atoms with Gasteiger partial charge in [0.25, 0.3) is 0 Å². The van der Waals surface area contributed by atoms with E-state index in [1.54, 1.807) is 0 Å². The molecule has 0 radical (unpaired) electrons. The van der Waals surface area contributed by atoms with E-state index in [0.29, 0.717) is 0 Å². The fourth-order valence-electron chi connectivity index (χ4n) is 11.0. The van der Waals surface area contributed by atoms with Crippen LogP contribution in [0, 0.1) is 0 Å². The van der Waals surface area contributed by atoms with Crippen molar-refractivity contribution >= 4 is 21.6 Å². The van der Waals surface area contributed by atoms with Crippen LogP contribution in [0.4, 0.5) is 0 Å². The van der Waals surface area contributed by atoms with Gasteiger partial charge in [-0.25, -0.2) is 0 Å². The second-order valence-electron chi connectivity index (χ2n) is 28.9. The molecular weight excluding hydrogens is 1000 g/mol. The molecule has 0 amide bonds. The Kier molecular flexibility index (Phi) is 17.7. The van der Waals surface area contributed by atoms with Gasteiger partial charge in [0.05, 0.1) is 0 Å². The normalized spacial score (nSPS) is 13.6. The van der Waals surface area contributed by atoms with E-state index >= 15 is 0 Å². The zero-order valence-corrected chi connectivity index (χ0v) is 54.2. The Bertz CT molecular complexity index is 3130. The summed E-state index contributed by atoms with van der Waals surface area (Å²) < 4.78 is 0. The Morgan fingerprint density at radius 1 is 0.250 bits per heavy atom. The van der Waals surface area contributed by atoms with Gasteiger partial charge >= 0.3 is 0 Å². The smallest absolute Gasteiger partial charge is 0.0405 e. The van der Waals surface area contributed by atoms with Crippen LogP contribution in [-0.4, -0.2) is 0 Å². The van der Waals surface area contributed by atoms with Crippen LogP contribution in [0.2, 0.25) is 0 Å². The van der Waals surface area contributed by atoms with Crippen molar-refractivity contribution in [3.05, 3.63) is 214 Å². The van der Waals surface area contributed by atoms with Gasteiger partial charge in [-0.15, -0.1) is 0 Å². The largest absolute Gasteiger partial charge is 0.0853 e. The Morgan fingerprint density at radius 2 is 0.450 bits per heavy atom. The lowest BCUT2D eigenvalue weighted by atomic mass is 9.81. The molecule has 418 valence electrons. The Labute approximate surface area is 493 Å². The van der Waals surface area contributed by atoms with E-state index in [1.165, 1.54) is 111 Å². The van der Waals surface area contributed by atoms with Crippen molar-refractivity contribution in [1.82, 2.24) is 0 Å². The van der Waals surface area contributed by atoms with Gasteiger partial charge < -0.3 is 0 Å². The van der Waals surface area contributed by atoms with Crippen molar-refractivity contribution in [1.29, 1.82) is 0 Å². The highest BCUT2D eigenvalue weighted by Crippen LogP contribution is 2.55. The third-order valence-corrected chi connectivity index (χ3v) is 19.9. The Morgan fingerprint density at radius 3 is 0.650 bits per heavy atom. The molecule has 8 aromatic carbocycles. The summed E-state index contributed by atoms with van der Waals surface area (Å²) in [5.74, 6) is 0. The highest BCUT2D eigenvalue weighted by atomic mass is 33.1. The minimum atomic E-state index is 0.0417. The summed E-state index contributed by atoms with van der Waals surface area (Å²) in [6.45, 7) is 46.4. The molecule has 0 saturated heterocycles. The highest BCUT2D eigenvalue weighted by molar-refractivity contribution is 8.76. The zero-order chi connectivity index (χ0) is 58.3. The second kappa shape index (κ2) is 23.4. The van der Waals surface area contributed by atoms with Crippen LogP contribution in [-0.2, 0) is 32.5 Å². The molecular formula is C78H94S2. The van der Waals surface area contributed by atoms with Crippen molar-refractivity contribution in [2.45, 2.75) is 194 Å². The van der Waals surface area contributed by atoms with Gasteiger partial charge in [0.2, 0.25) is 0 Å². The average Bonchev–Trinajstić information content (AvgIpc) is 3.59. The summed E-state index contributed by atoms with van der Waals surface area (Å²) in [4.78, 5) is 0. The maximum Gasteiger partial charge on any atom is 0.0405 e. The van der Waals surface area contributed by atoms with E-state index in [0.717, 1.165) is 12.8 Å². The molecule has 0 nitrogen and oxygen atoms in total. The third-order valence-electron chi connectivity index (χ3n) is 16.4. The molecule has 80 heavy (non-hydrogen) atoms. The van der Waals surface area contributed by atoms with Gasteiger partial charge in [-0.2, -0.15) is 0 Å². The average molecular weight is 1100 g/mol. The van der Waals surface area contributed by atoms with E-state index in [-0.39, 0.29) is 43.0 Å². The maximum atomic E-state index is 2.55. The van der Waals surface area contributed by atoms with Crippen LogP contribution in [0.3, 0.4) is 0 Å². The monoisotopic (exact) mass is 1090 g/mol. The van der Waals surface area contributed by atoms with Crippen LogP contribution in [0.5, 0.6) is 0 Å².